The van der Waals surface area contributed by atoms with Crippen LogP contribution in [0.5, 0.6) is 5.75 Å². The van der Waals surface area contributed by atoms with Crippen molar-refractivity contribution < 1.29 is 19.2 Å². The average Bonchev–Trinajstić information content (AvgIpc) is 2.59. The number of aryl methyl sites for hydroxylation is 1. The monoisotopic (exact) mass is 406 g/mol. The van der Waals surface area contributed by atoms with Crippen molar-refractivity contribution in [3.8, 4) is 5.75 Å². The number of nitro benzene ring substituents is 1. The molecule has 0 N–H and O–H groups in total. The van der Waals surface area contributed by atoms with Crippen LogP contribution >= 0.6 is 0 Å². The molecule has 29 heavy (non-hydrogen) atoms. The number of hydrogen-bond acceptors (Lipinski definition) is 7. The molecule has 160 valence electrons. The number of benzene rings is 1. The van der Waals surface area contributed by atoms with Crippen LogP contribution in [0.1, 0.15) is 26.3 Å². The van der Waals surface area contributed by atoms with Crippen LogP contribution in [0.3, 0.4) is 0 Å². The maximum Gasteiger partial charge on any atom is 0.410 e. The van der Waals surface area contributed by atoms with Crippen molar-refractivity contribution in [3.63, 3.8) is 0 Å². The Kier molecular flexibility index (Phi) is 5.88. The van der Waals surface area contributed by atoms with Gasteiger partial charge < -0.3 is 19.3 Å². The lowest BCUT2D eigenvalue weighted by molar-refractivity contribution is -0.385. The van der Waals surface area contributed by atoms with E-state index in [-0.39, 0.29) is 17.5 Å². The van der Waals surface area contributed by atoms with Crippen molar-refractivity contribution in [2.75, 3.05) is 51.3 Å². The predicted octanol–water partition coefficient (Wildman–Crippen LogP) is 2.65. The van der Waals surface area contributed by atoms with Crippen molar-refractivity contribution in [1.82, 2.24) is 9.80 Å². The van der Waals surface area contributed by atoms with E-state index in [1.165, 1.54) is 7.11 Å². The van der Waals surface area contributed by atoms with Crippen LogP contribution in [0.15, 0.2) is 12.1 Å². The van der Waals surface area contributed by atoms with Gasteiger partial charge in [-0.2, -0.15) is 0 Å². The molecule has 9 nitrogen and oxygen atoms in total. The first-order chi connectivity index (χ1) is 13.6. The Hall–Kier alpha value is -2.55. The quantitative estimate of drug-likeness (QED) is 0.561. The maximum absolute atomic E-state index is 12.1. The van der Waals surface area contributed by atoms with Gasteiger partial charge in [0.05, 0.1) is 12.0 Å². The molecule has 2 fully saturated rings. The van der Waals surface area contributed by atoms with E-state index >= 15 is 0 Å². The minimum absolute atomic E-state index is 0.0101. The van der Waals surface area contributed by atoms with Crippen LogP contribution < -0.4 is 9.64 Å². The molecule has 3 rings (SSSR count). The molecule has 0 radical (unpaired) electrons. The number of carbonyl (C=O) groups excluding carboxylic acids is 1. The lowest BCUT2D eigenvalue weighted by Crippen LogP contribution is -2.64. The number of rotatable bonds is 4. The number of methoxy groups -OCH3 is 1. The van der Waals surface area contributed by atoms with Gasteiger partial charge in [0.2, 0.25) is 0 Å². The Morgan fingerprint density at radius 2 is 1.79 bits per heavy atom. The molecule has 1 aromatic carbocycles. The molecule has 2 aliphatic rings. The fourth-order valence-corrected chi connectivity index (χ4v) is 3.80. The van der Waals surface area contributed by atoms with Gasteiger partial charge in [-0.1, -0.05) is 0 Å². The molecule has 0 saturated carbocycles. The first kappa shape index (κ1) is 21.2. The predicted molar refractivity (Wildman–Crippen MR) is 110 cm³/mol. The van der Waals surface area contributed by atoms with E-state index in [0.29, 0.717) is 19.1 Å². The van der Waals surface area contributed by atoms with Crippen LogP contribution in [0.4, 0.5) is 16.2 Å². The first-order valence-electron chi connectivity index (χ1n) is 9.89. The maximum atomic E-state index is 12.1. The van der Waals surface area contributed by atoms with Crippen LogP contribution in [-0.2, 0) is 4.74 Å². The number of nitro groups is 1. The van der Waals surface area contributed by atoms with E-state index in [4.69, 9.17) is 9.47 Å². The number of likely N-dealkylation sites (tertiary alicyclic amines) is 1. The molecule has 0 bridgehead atoms. The summed E-state index contributed by atoms with van der Waals surface area (Å²) in [5, 5.41) is 11.2. The number of carbonyl (C=O) groups is 1. The van der Waals surface area contributed by atoms with Crippen LogP contribution in [-0.4, -0.2) is 78.8 Å². The van der Waals surface area contributed by atoms with E-state index in [2.05, 4.69) is 9.80 Å². The Bertz CT molecular complexity index is 778. The third kappa shape index (κ3) is 4.72. The van der Waals surface area contributed by atoms with Gasteiger partial charge in [0.15, 0.2) is 5.75 Å². The van der Waals surface area contributed by atoms with Crippen molar-refractivity contribution in [2.45, 2.75) is 39.3 Å². The largest absolute Gasteiger partial charge is 0.490 e. The minimum atomic E-state index is -0.475. The highest BCUT2D eigenvalue weighted by Gasteiger charge is 2.38. The molecule has 0 atom stereocenters. The molecule has 2 heterocycles. The number of ether oxygens (including phenoxy) is 2. The van der Waals surface area contributed by atoms with Crippen LogP contribution in [0.2, 0.25) is 0 Å². The highest BCUT2D eigenvalue weighted by atomic mass is 16.6. The topological polar surface area (TPSA) is 88.4 Å². The second-order valence-electron chi connectivity index (χ2n) is 8.63. The summed E-state index contributed by atoms with van der Waals surface area (Å²) in [4.78, 5) is 29.3. The molecule has 0 spiro atoms. The molecule has 1 amide bonds. The zero-order valence-electron chi connectivity index (χ0n) is 17.8. The Balaban J connectivity index is 1.55. The summed E-state index contributed by atoms with van der Waals surface area (Å²) in [6.07, 6.45) is -0.249. The fraction of sp³-hybridized carbons (Fsp3) is 0.650. The smallest absolute Gasteiger partial charge is 0.410 e. The second-order valence-corrected chi connectivity index (χ2v) is 8.63. The normalized spacial score (nSPS) is 18.4. The van der Waals surface area contributed by atoms with Gasteiger partial charge >= 0.3 is 11.8 Å². The van der Waals surface area contributed by atoms with Crippen molar-refractivity contribution in [3.05, 3.63) is 27.8 Å². The number of piperazine rings is 1. The summed E-state index contributed by atoms with van der Waals surface area (Å²) >= 11 is 0. The van der Waals surface area contributed by atoms with E-state index in [0.717, 1.165) is 37.4 Å². The molecular weight excluding hydrogens is 376 g/mol. The standard InChI is InChI=1S/C20H30N4O5/c1-14-10-17(24(26)27)18(28-5)11-16(14)22-8-6-21(7-9-22)15-12-23(13-15)19(25)29-20(2,3)4/h10-11,15H,6-9,12-13H2,1-5H3. The van der Waals surface area contributed by atoms with Gasteiger partial charge in [0, 0.05) is 63.1 Å². The summed E-state index contributed by atoms with van der Waals surface area (Å²) in [6.45, 7) is 12.3. The number of amides is 1. The SMILES string of the molecule is COc1cc(N2CCN(C3CN(C(=O)OC(C)(C)C)C3)CC2)c(C)cc1[N+](=O)[O-]. The van der Waals surface area contributed by atoms with E-state index < -0.39 is 10.5 Å². The highest BCUT2D eigenvalue weighted by molar-refractivity contribution is 5.69. The van der Waals surface area contributed by atoms with Gasteiger partial charge in [0.1, 0.15) is 5.60 Å². The van der Waals surface area contributed by atoms with E-state index in [9.17, 15) is 14.9 Å². The Morgan fingerprint density at radius 1 is 1.17 bits per heavy atom. The molecule has 1 aromatic rings. The Labute approximate surface area is 171 Å². The van der Waals surface area contributed by atoms with Gasteiger partial charge in [0.25, 0.3) is 0 Å². The lowest BCUT2D eigenvalue weighted by atomic mass is 10.1. The van der Waals surface area contributed by atoms with Gasteiger partial charge in [-0.15, -0.1) is 0 Å². The van der Waals surface area contributed by atoms with E-state index in [1.807, 2.05) is 27.7 Å². The lowest BCUT2D eigenvalue weighted by Gasteiger charge is -2.48. The first-order valence-corrected chi connectivity index (χ1v) is 9.89. The van der Waals surface area contributed by atoms with Crippen LogP contribution in [0.25, 0.3) is 0 Å². The summed E-state index contributed by atoms with van der Waals surface area (Å²) in [5.41, 5.74) is 1.35. The van der Waals surface area contributed by atoms with Gasteiger partial charge in [-0.25, -0.2) is 4.79 Å². The van der Waals surface area contributed by atoms with Crippen molar-refractivity contribution in [1.29, 1.82) is 0 Å². The highest BCUT2D eigenvalue weighted by Crippen LogP contribution is 2.35. The van der Waals surface area contributed by atoms with Crippen molar-refractivity contribution in [2.24, 2.45) is 0 Å². The van der Waals surface area contributed by atoms with Gasteiger partial charge in [-0.05, 0) is 33.3 Å². The van der Waals surface area contributed by atoms with Crippen LogP contribution in [0, 0.1) is 17.0 Å². The number of anilines is 1. The fourth-order valence-electron chi connectivity index (χ4n) is 3.80. The Morgan fingerprint density at radius 3 is 2.31 bits per heavy atom. The molecule has 0 aromatic heterocycles. The molecule has 0 aliphatic carbocycles. The summed E-state index contributed by atoms with van der Waals surface area (Å²) < 4.78 is 10.6. The molecule has 0 unspecified atom stereocenters. The third-order valence-electron chi connectivity index (χ3n) is 5.38. The molecule has 2 aliphatic heterocycles. The molecule has 2 saturated heterocycles. The number of hydrogen-bond donors (Lipinski definition) is 0. The summed E-state index contributed by atoms with van der Waals surface area (Å²) in [5.74, 6) is 0.282. The molecular formula is C20H30N4O5. The summed E-state index contributed by atoms with van der Waals surface area (Å²) in [7, 11) is 1.45. The summed E-state index contributed by atoms with van der Waals surface area (Å²) in [6, 6.07) is 3.69. The van der Waals surface area contributed by atoms with E-state index in [1.54, 1.807) is 17.0 Å². The zero-order valence-corrected chi connectivity index (χ0v) is 17.8. The zero-order chi connectivity index (χ0) is 21.3. The van der Waals surface area contributed by atoms with Crippen molar-refractivity contribution >= 4 is 17.5 Å². The third-order valence-corrected chi connectivity index (χ3v) is 5.38. The second kappa shape index (κ2) is 8.06. The number of nitrogens with zero attached hydrogens (tertiary/aromatic N) is 4. The molecule has 9 heteroatoms. The minimum Gasteiger partial charge on any atom is -0.490 e. The average molecular weight is 406 g/mol. The van der Waals surface area contributed by atoms with Gasteiger partial charge in [-0.3, -0.25) is 15.0 Å².